The van der Waals surface area contributed by atoms with Crippen molar-refractivity contribution in [2.45, 2.75) is 103 Å². The predicted octanol–water partition coefficient (Wildman–Crippen LogP) is 6.86. The van der Waals surface area contributed by atoms with Crippen molar-refractivity contribution in [1.29, 1.82) is 0 Å². The molecule has 0 atom stereocenters. The van der Waals surface area contributed by atoms with Gasteiger partial charge in [-0.2, -0.15) is 24.9 Å². The van der Waals surface area contributed by atoms with E-state index in [9.17, 15) is 14.7 Å². The first-order valence-electron chi connectivity index (χ1n) is 17.4. The van der Waals surface area contributed by atoms with Crippen LogP contribution in [0.5, 0.6) is 17.8 Å². The van der Waals surface area contributed by atoms with E-state index in [-0.39, 0.29) is 35.7 Å². The van der Waals surface area contributed by atoms with Crippen molar-refractivity contribution in [3.05, 3.63) is 30.3 Å². The van der Waals surface area contributed by atoms with E-state index in [1.807, 2.05) is 4.90 Å². The van der Waals surface area contributed by atoms with Gasteiger partial charge in [0, 0.05) is 50.5 Å². The third-order valence-electron chi connectivity index (χ3n) is 8.40. The lowest BCUT2D eigenvalue weighted by atomic mass is 9.92. The Morgan fingerprint density at radius 1 is 0.981 bits per heavy atom. The number of aliphatic hydroxyl groups excluding tert-OH is 1. The number of halogens is 1. The Bertz CT molecular complexity index is 1980. The SMILES string of the molecule is CN(C(=O)OC(C)(C)C)c1cc(F)cc2c1[nH]c1nc(Oc3cnc(OC4CC(O)C4)nc3)nc(N3CCCCC(=NC(=O)OC(C)(C)C)CC3)c12. The Morgan fingerprint density at radius 2 is 1.69 bits per heavy atom. The molecule has 1 saturated carbocycles. The van der Waals surface area contributed by atoms with E-state index in [2.05, 4.69) is 24.9 Å². The molecule has 16 heteroatoms. The van der Waals surface area contributed by atoms with Gasteiger partial charge in [-0.05, 0) is 72.9 Å². The molecule has 6 rings (SSSR count). The summed E-state index contributed by atoms with van der Waals surface area (Å²) in [7, 11) is 1.51. The van der Waals surface area contributed by atoms with Crippen molar-refractivity contribution in [2.24, 2.45) is 4.99 Å². The number of aliphatic imine (C=N–C) groups is 1. The van der Waals surface area contributed by atoms with Crippen LogP contribution in [0.15, 0.2) is 29.5 Å². The van der Waals surface area contributed by atoms with E-state index in [4.69, 9.17) is 23.9 Å². The quantitative estimate of drug-likeness (QED) is 0.212. The Kier molecular flexibility index (Phi) is 10.2. The Labute approximate surface area is 300 Å². The molecule has 2 fully saturated rings. The highest BCUT2D eigenvalue weighted by molar-refractivity contribution is 6.16. The van der Waals surface area contributed by atoms with Gasteiger partial charge in [-0.15, -0.1) is 0 Å². The highest BCUT2D eigenvalue weighted by atomic mass is 19.1. The number of hydrogen-bond donors (Lipinski definition) is 2. The van der Waals surface area contributed by atoms with Gasteiger partial charge in [0.1, 0.15) is 34.6 Å². The van der Waals surface area contributed by atoms with Gasteiger partial charge in [0.05, 0.1) is 35.1 Å². The number of aliphatic hydroxyl groups is 1. The number of benzene rings is 1. The number of carbonyl (C=O) groups is 2. The van der Waals surface area contributed by atoms with Crippen LogP contribution in [0.3, 0.4) is 0 Å². The van der Waals surface area contributed by atoms with Gasteiger partial charge in [0.25, 0.3) is 0 Å². The molecular weight excluding hydrogens is 675 g/mol. The summed E-state index contributed by atoms with van der Waals surface area (Å²) in [5.41, 5.74) is 0.308. The number of H-pyrrole nitrogens is 1. The Hall–Kier alpha value is -5.12. The van der Waals surface area contributed by atoms with Crippen LogP contribution in [0.4, 0.5) is 25.5 Å². The molecule has 2 amide bonds. The van der Waals surface area contributed by atoms with E-state index >= 15 is 4.39 Å². The van der Waals surface area contributed by atoms with E-state index in [1.165, 1.54) is 36.5 Å². The second-order valence-corrected chi connectivity index (χ2v) is 15.1. The normalized spacial score (nSPS) is 19.2. The molecule has 3 aromatic heterocycles. The zero-order chi connectivity index (χ0) is 37.4. The van der Waals surface area contributed by atoms with Gasteiger partial charge in [-0.25, -0.2) is 14.0 Å². The molecule has 0 bridgehead atoms. The minimum atomic E-state index is -0.770. The predicted molar refractivity (Wildman–Crippen MR) is 192 cm³/mol. The fourth-order valence-corrected chi connectivity index (χ4v) is 5.95. The molecule has 0 radical (unpaired) electrons. The van der Waals surface area contributed by atoms with E-state index in [0.29, 0.717) is 72.2 Å². The fraction of sp³-hybridized carbons (Fsp3) is 0.528. The molecule has 278 valence electrons. The molecule has 1 aliphatic carbocycles. The zero-order valence-electron chi connectivity index (χ0n) is 30.5. The maximum atomic E-state index is 15.4. The van der Waals surface area contributed by atoms with Gasteiger partial charge in [-0.3, -0.25) is 4.90 Å². The van der Waals surface area contributed by atoms with Crippen LogP contribution in [-0.2, 0) is 9.47 Å². The van der Waals surface area contributed by atoms with Crippen molar-refractivity contribution in [1.82, 2.24) is 24.9 Å². The number of amides is 2. The molecule has 1 aromatic carbocycles. The van der Waals surface area contributed by atoms with Crippen LogP contribution in [0.2, 0.25) is 0 Å². The summed E-state index contributed by atoms with van der Waals surface area (Å²) in [6.45, 7) is 11.7. The van der Waals surface area contributed by atoms with Gasteiger partial charge >= 0.3 is 24.2 Å². The first-order chi connectivity index (χ1) is 24.5. The van der Waals surface area contributed by atoms with Crippen molar-refractivity contribution in [2.75, 3.05) is 29.9 Å². The first kappa shape index (κ1) is 36.7. The summed E-state index contributed by atoms with van der Waals surface area (Å²) < 4.78 is 38.2. The Morgan fingerprint density at radius 3 is 2.37 bits per heavy atom. The van der Waals surface area contributed by atoms with Crippen LogP contribution < -0.4 is 19.3 Å². The number of fused-ring (bicyclic) bond motifs is 3. The number of aromatic nitrogens is 5. The molecule has 4 aromatic rings. The molecule has 1 aliphatic heterocycles. The molecular formula is C36H45FN8O7. The fourth-order valence-electron chi connectivity index (χ4n) is 5.95. The lowest BCUT2D eigenvalue weighted by Crippen LogP contribution is -2.37. The molecule has 4 heterocycles. The third kappa shape index (κ3) is 8.84. The van der Waals surface area contributed by atoms with Crippen molar-refractivity contribution in [3.63, 3.8) is 0 Å². The molecule has 2 N–H and O–H groups in total. The lowest BCUT2D eigenvalue weighted by molar-refractivity contribution is -0.0151. The number of hydrogen-bond acceptors (Lipinski definition) is 12. The van der Waals surface area contributed by atoms with Crippen LogP contribution in [0, 0.1) is 5.82 Å². The number of carbonyl (C=O) groups excluding carboxylic acids is 2. The average Bonchev–Trinajstić information content (AvgIpc) is 3.38. The summed E-state index contributed by atoms with van der Waals surface area (Å²) in [5.74, 6) is 0.143. The van der Waals surface area contributed by atoms with Crippen molar-refractivity contribution < 1.29 is 38.0 Å². The molecule has 15 nitrogen and oxygen atoms in total. The summed E-state index contributed by atoms with van der Waals surface area (Å²) >= 11 is 0. The summed E-state index contributed by atoms with van der Waals surface area (Å²) in [5, 5.41) is 10.5. The molecule has 52 heavy (non-hydrogen) atoms. The largest absolute Gasteiger partial charge is 0.460 e. The second kappa shape index (κ2) is 14.5. The first-order valence-corrected chi connectivity index (χ1v) is 17.4. The maximum Gasteiger partial charge on any atom is 0.434 e. The van der Waals surface area contributed by atoms with Gasteiger partial charge in [0.2, 0.25) is 0 Å². The van der Waals surface area contributed by atoms with E-state index in [1.54, 1.807) is 41.5 Å². The van der Waals surface area contributed by atoms with Crippen molar-refractivity contribution >= 4 is 51.3 Å². The highest BCUT2D eigenvalue weighted by Gasteiger charge is 2.30. The number of nitrogens with zero attached hydrogens (tertiary/aromatic N) is 7. The zero-order valence-corrected chi connectivity index (χ0v) is 30.5. The van der Waals surface area contributed by atoms with E-state index in [0.717, 1.165) is 12.8 Å². The van der Waals surface area contributed by atoms with Gasteiger partial charge in [-0.1, -0.05) is 0 Å². The lowest BCUT2D eigenvalue weighted by Gasteiger charge is -2.30. The number of aromatic amines is 1. The summed E-state index contributed by atoms with van der Waals surface area (Å²) in [6, 6.07) is 2.76. The topological polar surface area (TPSA) is 177 Å². The minimum absolute atomic E-state index is 0.0272. The summed E-state index contributed by atoms with van der Waals surface area (Å²) in [6.07, 6.45) is 4.75. The molecule has 2 aliphatic rings. The monoisotopic (exact) mass is 720 g/mol. The number of rotatable bonds is 6. The number of nitrogens with one attached hydrogen (secondary N) is 1. The van der Waals surface area contributed by atoms with Gasteiger partial charge in [0.15, 0.2) is 5.75 Å². The number of ether oxygens (including phenoxy) is 4. The smallest absolute Gasteiger partial charge is 0.434 e. The third-order valence-corrected chi connectivity index (χ3v) is 8.40. The maximum absolute atomic E-state index is 15.4. The van der Waals surface area contributed by atoms with Gasteiger partial charge < -0.3 is 33.9 Å². The minimum Gasteiger partial charge on any atom is -0.460 e. The highest BCUT2D eigenvalue weighted by Crippen LogP contribution is 2.39. The summed E-state index contributed by atoms with van der Waals surface area (Å²) in [4.78, 5) is 54.5. The molecule has 1 saturated heterocycles. The second-order valence-electron chi connectivity index (χ2n) is 15.1. The van der Waals surface area contributed by atoms with Crippen LogP contribution in [0.25, 0.3) is 21.9 Å². The number of anilines is 2. The molecule has 0 spiro atoms. The van der Waals surface area contributed by atoms with Crippen LogP contribution >= 0.6 is 0 Å². The standard InChI is InChI=1S/C36H45FN8O7/c1-35(2,3)51-33(47)40-21-10-8-9-12-45(13-11-21)30-27-25-14-20(37)15-26(44(7)34(48)52-36(4,5)6)28(25)41-29(27)42-32(43-30)50-24-18-38-31(39-19-24)49-23-16-22(46)17-23/h14-15,18-19,22-23,46H,8-13,16-17H2,1-7H3,(H,41,42,43). The van der Waals surface area contributed by atoms with E-state index < -0.39 is 29.2 Å². The van der Waals surface area contributed by atoms with Crippen LogP contribution in [0.1, 0.15) is 80.1 Å². The van der Waals surface area contributed by atoms with Crippen LogP contribution in [-0.4, -0.2) is 91.5 Å². The van der Waals surface area contributed by atoms with Crippen molar-refractivity contribution in [3.8, 4) is 17.8 Å². The Balaban J connectivity index is 1.39. The average molecular weight is 721 g/mol. The molecule has 0 unspecified atom stereocenters.